The van der Waals surface area contributed by atoms with Gasteiger partial charge in [-0.25, -0.2) is 9.24 Å². The molecular formula is C12H13BFNO2. The van der Waals surface area contributed by atoms with Crippen molar-refractivity contribution in [3.05, 3.63) is 35.4 Å². The van der Waals surface area contributed by atoms with Gasteiger partial charge in [0.1, 0.15) is 5.82 Å². The van der Waals surface area contributed by atoms with Crippen LogP contribution in [0, 0.1) is 17.8 Å². The zero-order valence-corrected chi connectivity index (χ0v) is 9.87. The summed E-state index contributed by atoms with van der Waals surface area (Å²) < 4.78 is 24.6. The second-order valence-corrected chi connectivity index (χ2v) is 4.94. The van der Waals surface area contributed by atoms with Crippen LogP contribution in [-0.2, 0) is 9.31 Å². The minimum absolute atomic E-state index is 0.0512. The molecule has 0 aromatic heterocycles. The third-order valence-electron chi connectivity index (χ3n) is 2.61. The maximum absolute atomic E-state index is 13.6. The normalized spacial score (nSPS) is 18.8. The van der Waals surface area contributed by atoms with Crippen LogP contribution in [0.25, 0.3) is 4.85 Å². The lowest BCUT2D eigenvalue weighted by molar-refractivity contribution is 0.0340. The molecule has 0 unspecified atom stereocenters. The zero-order chi connectivity index (χ0) is 12.5. The summed E-state index contributed by atoms with van der Waals surface area (Å²) in [6.45, 7) is 12.0. The van der Waals surface area contributed by atoms with Gasteiger partial charge < -0.3 is 9.31 Å². The molecule has 0 N–H and O–H groups in total. The first-order valence-corrected chi connectivity index (χ1v) is 5.42. The van der Waals surface area contributed by atoms with Crippen molar-refractivity contribution in [2.24, 2.45) is 5.41 Å². The second kappa shape index (κ2) is 4.48. The number of benzene rings is 1. The summed E-state index contributed by atoms with van der Waals surface area (Å²) in [5.41, 5.74) is 0.636. The van der Waals surface area contributed by atoms with Gasteiger partial charge in [0.25, 0.3) is 0 Å². The molecule has 17 heavy (non-hydrogen) atoms. The van der Waals surface area contributed by atoms with Gasteiger partial charge in [-0.3, -0.25) is 0 Å². The highest BCUT2D eigenvalue weighted by Gasteiger charge is 2.35. The summed E-state index contributed by atoms with van der Waals surface area (Å²) in [6, 6.07) is 4.19. The second-order valence-electron chi connectivity index (χ2n) is 4.94. The van der Waals surface area contributed by atoms with Crippen LogP contribution in [0.2, 0.25) is 0 Å². The molecule has 0 aliphatic carbocycles. The smallest absolute Gasteiger partial charge is 0.407 e. The molecule has 1 fully saturated rings. The first kappa shape index (κ1) is 12.1. The SMILES string of the molecule is [C-]#[N+]c1ccc(F)c(B2OCC(C)(C)CO2)c1. The first-order valence-electron chi connectivity index (χ1n) is 5.42. The van der Waals surface area contributed by atoms with Crippen molar-refractivity contribution in [2.75, 3.05) is 13.2 Å². The Balaban J connectivity index is 2.21. The maximum atomic E-state index is 13.6. The maximum Gasteiger partial charge on any atom is 0.495 e. The van der Waals surface area contributed by atoms with E-state index in [0.717, 1.165) is 0 Å². The van der Waals surface area contributed by atoms with Crippen molar-refractivity contribution < 1.29 is 13.7 Å². The molecule has 88 valence electrons. The Morgan fingerprint density at radius 1 is 1.35 bits per heavy atom. The van der Waals surface area contributed by atoms with Gasteiger partial charge in [0.15, 0.2) is 5.69 Å². The average molecular weight is 233 g/mol. The Labute approximate surface area is 101 Å². The highest BCUT2D eigenvalue weighted by atomic mass is 19.1. The summed E-state index contributed by atoms with van der Waals surface area (Å²) in [5.74, 6) is -0.401. The van der Waals surface area contributed by atoms with Gasteiger partial charge in [0.2, 0.25) is 0 Å². The molecule has 0 bridgehead atoms. The Hall–Kier alpha value is -1.38. The third kappa shape index (κ3) is 2.66. The first-order chi connectivity index (χ1) is 8.02. The van der Waals surface area contributed by atoms with E-state index in [1.165, 1.54) is 18.2 Å². The van der Waals surface area contributed by atoms with Gasteiger partial charge in [-0.15, -0.1) is 0 Å². The fourth-order valence-electron chi connectivity index (χ4n) is 1.65. The average Bonchev–Trinajstić information content (AvgIpc) is 2.30. The van der Waals surface area contributed by atoms with Crippen LogP contribution in [0.15, 0.2) is 18.2 Å². The lowest BCUT2D eigenvalue weighted by atomic mass is 9.75. The number of hydrogen-bond acceptors (Lipinski definition) is 2. The van der Waals surface area contributed by atoms with E-state index in [1.54, 1.807) is 0 Å². The predicted octanol–water partition coefficient (Wildman–Crippen LogP) is 2.14. The minimum Gasteiger partial charge on any atom is -0.407 e. The fourth-order valence-corrected chi connectivity index (χ4v) is 1.65. The quantitative estimate of drug-likeness (QED) is 0.547. The van der Waals surface area contributed by atoms with E-state index in [9.17, 15) is 4.39 Å². The molecule has 0 amide bonds. The Morgan fingerprint density at radius 2 is 2.00 bits per heavy atom. The summed E-state index contributed by atoms with van der Waals surface area (Å²) in [7, 11) is -0.704. The van der Waals surface area contributed by atoms with Crippen molar-refractivity contribution in [3.63, 3.8) is 0 Å². The van der Waals surface area contributed by atoms with Crippen LogP contribution < -0.4 is 5.46 Å². The highest BCUT2D eigenvalue weighted by molar-refractivity contribution is 6.61. The molecule has 1 aromatic rings. The number of hydrogen-bond donors (Lipinski definition) is 0. The fraction of sp³-hybridized carbons (Fsp3) is 0.417. The topological polar surface area (TPSA) is 22.8 Å². The van der Waals surface area contributed by atoms with E-state index >= 15 is 0 Å². The largest absolute Gasteiger partial charge is 0.495 e. The molecule has 1 saturated heterocycles. The summed E-state index contributed by atoms with van der Waals surface area (Å²) >= 11 is 0. The van der Waals surface area contributed by atoms with Crippen LogP contribution >= 0.6 is 0 Å². The van der Waals surface area contributed by atoms with E-state index in [2.05, 4.69) is 4.85 Å². The number of rotatable bonds is 1. The van der Waals surface area contributed by atoms with Crippen molar-refractivity contribution in [2.45, 2.75) is 13.8 Å². The molecule has 3 nitrogen and oxygen atoms in total. The third-order valence-corrected chi connectivity index (χ3v) is 2.61. The van der Waals surface area contributed by atoms with Crippen molar-refractivity contribution in [1.82, 2.24) is 0 Å². The van der Waals surface area contributed by atoms with E-state index in [4.69, 9.17) is 15.9 Å². The number of halogens is 1. The lowest BCUT2D eigenvalue weighted by Crippen LogP contribution is -2.48. The summed E-state index contributed by atoms with van der Waals surface area (Å²) in [5, 5.41) is 0. The van der Waals surface area contributed by atoms with Gasteiger partial charge in [0.05, 0.1) is 6.57 Å². The van der Waals surface area contributed by atoms with Crippen molar-refractivity contribution >= 4 is 18.3 Å². The van der Waals surface area contributed by atoms with E-state index in [1.807, 2.05) is 13.8 Å². The molecule has 1 aliphatic rings. The monoisotopic (exact) mass is 233 g/mol. The highest BCUT2D eigenvalue weighted by Crippen LogP contribution is 2.22. The Morgan fingerprint density at radius 3 is 2.59 bits per heavy atom. The zero-order valence-electron chi connectivity index (χ0n) is 9.87. The standard InChI is InChI=1S/C12H13BFNO2/c1-12(2)7-16-13(17-8-12)10-6-9(15-3)4-5-11(10)14/h4-6H,7-8H2,1-2H3. The molecule has 0 saturated carbocycles. The van der Waals surface area contributed by atoms with Gasteiger partial charge in [-0.1, -0.05) is 26.0 Å². The molecular weight excluding hydrogens is 220 g/mol. The molecule has 0 radical (unpaired) electrons. The molecule has 1 heterocycles. The van der Waals surface area contributed by atoms with E-state index in [-0.39, 0.29) is 5.41 Å². The van der Waals surface area contributed by atoms with Crippen molar-refractivity contribution in [1.29, 1.82) is 0 Å². The van der Waals surface area contributed by atoms with Crippen LogP contribution in [-0.4, -0.2) is 20.3 Å². The van der Waals surface area contributed by atoms with E-state index in [0.29, 0.717) is 24.4 Å². The van der Waals surface area contributed by atoms with Gasteiger partial charge in [-0.2, -0.15) is 0 Å². The van der Waals surface area contributed by atoms with Crippen molar-refractivity contribution in [3.8, 4) is 0 Å². The van der Waals surface area contributed by atoms with E-state index < -0.39 is 12.9 Å². The molecule has 1 aromatic carbocycles. The lowest BCUT2D eigenvalue weighted by Gasteiger charge is -2.33. The number of nitrogens with zero attached hydrogens (tertiary/aromatic N) is 1. The van der Waals surface area contributed by atoms with Gasteiger partial charge >= 0.3 is 7.12 Å². The van der Waals surface area contributed by atoms with Gasteiger partial charge in [0, 0.05) is 24.1 Å². The molecule has 1 aliphatic heterocycles. The predicted molar refractivity (Wildman–Crippen MR) is 63.7 cm³/mol. The van der Waals surface area contributed by atoms with Crippen LogP contribution in [0.1, 0.15) is 13.8 Å². The van der Waals surface area contributed by atoms with Crippen LogP contribution in [0.4, 0.5) is 10.1 Å². The van der Waals surface area contributed by atoms with Crippen LogP contribution in [0.5, 0.6) is 0 Å². The Kier molecular flexibility index (Phi) is 3.18. The molecule has 2 rings (SSSR count). The summed E-state index contributed by atoms with van der Waals surface area (Å²) in [4.78, 5) is 3.27. The Bertz CT molecular complexity index is 460. The van der Waals surface area contributed by atoms with Gasteiger partial charge in [-0.05, 0) is 6.07 Å². The summed E-state index contributed by atoms with van der Waals surface area (Å²) in [6.07, 6.45) is 0. The minimum atomic E-state index is -0.704. The molecule has 5 heteroatoms. The molecule has 0 spiro atoms. The molecule has 0 atom stereocenters. The van der Waals surface area contributed by atoms with Crippen LogP contribution in [0.3, 0.4) is 0 Å².